The molecule has 49 heavy (non-hydrogen) atoms. The Morgan fingerprint density at radius 2 is 1.57 bits per heavy atom. The molecule has 1 amide bonds. The van der Waals surface area contributed by atoms with Gasteiger partial charge in [-0.25, -0.2) is 4.79 Å². The van der Waals surface area contributed by atoms with E-state index in [9.17, 15) is 19.7 Å². The molecular formula is C39H36N4O6. The number of nitrogens with one attached hydrogen (secondary N) is 1. The number of rotatable bonds is 8. The van der Waals surface area contributed by atoms with Crippen molar-refractivity contribution in [2.45, 2.75) is 55.4 Å². The van der Waals surface area contributed by atoms with Crippen LogP contribution in [0.2, 0.25) is 0 Å². The van der Waals surface area contributed by atoms with Crippen LogP contribution in [0.15, 0.2) is 109 Å². The van der Waals surface area contributed by atoms with Crippen molar-refractivity contribution in [1.29, 1.82) is 0 Å². The summed E-state index contributed by atoms with van der Waals surface area (Å²) < 4.78 is 11.3. The smallest absolute Gasteiger partial charge is 0.327 e. The summed E-state index contributed by atoms with van der Waals surface area (Å²) in [7, 11) is 1.57. The highest BCUT2D eigenvalue weighted by molar-refractivity contribution is 6.07. The molecule has 3 aliphatic heterocycles. The molecule has 0 bridgehead atoms. The number of esters is 1. The van der Waals surface area contributed by atoms with Gasteiger partial charge in [0.2, 0.25) is 11.9 Å². The van der Waals surface area contributed by atoms with Crippen molar-refractivity contribution in [3.05, 3.63) is 142 Å². The molecule has 2 fully saturated rings. The fourth-order valence-corrected chi connectivity index (χ4v) is 8.84. The number of hydrogen-bond donors (Lipinski definition) is 1. The zero-order valence-electron chi connectivity index (χ0n) is 27.2. The predicted molar refractivity (Wildman–Crippen MR) is 184 cm³/mol. The van der Waals surface area contributed by atoms with E-state index >= 15 is 0 Å². The number of carbonyl (C=O) groups excluding carboxylic acids is 2. The maximum atomic E-state index is 14.7. The van der Waals surface area contributed by atoms with Crippen molar-refractivity contribution < 1.29 is 24.0 Å². The van der Waals surface area contributed by atoms with Crippen molar-refractivity contribution in [1.82, 2.24) is 9.88 Å². The lowest BCUT2D eigenvalue weighted by Gasteiger charge is -2.53. The van der Waals surface area contributed by atoms with Gasteiger partial charge in [-0.2, -0.15) is 0 Å². The molecule has 1 N–H and O–H groups in total. The SMILES string of the molecule is CCOC(=O)[C@]12Cc3c([nH]c4ccccc34)CN1[C@H]([C@@H]1[C@H](c3ccccc3)C(=O)N1c1ccc(OC)cc1)[C@H]([N+](=O)[O-])[C@H]2c1ccccc1. The molecule has 5 aromatic rings. The first-order valence-corrected chi connectivity index (χ1v) is 16.6. The van der Waals surface area contributed by atoms with E-state index < -0.39 is 41.5 Å². The van der Waals surface area contributed by atoms with Crippen LogP contribution >= 0.6 is 0 Å². The molecule has 0 unspecified atom stereocenters. The Balaban J connectivity index is 1.39. The maximum Gasteiger partial charge on any atom is 0.327 e. The third kappa shape index (κ3) is 4.58. The highest BCUT2D eigenvalue weighted by Crippen LogP contribution is 2.57. The summed E-state index contributed by atoms with van der Waals surface area (Å²) in [5, 5.41) is 14.7. The average molecular weight is 657 g/mol. The van der Waals surface area contributed by atoms with Crippen LogP contribution in [0, 0.1) is 10.1 Å². The molecule has 0 aliphatic carbocycles. The van der Waals surface area contributed by atoms with Gasteiger partial charge in [0.25, 0.3) is 0 Å². The van der Waals surface area contributed by atoms with Crippen molar-refractivity contribution in [3.63, 3.8) is 0 Å². The number of carbonyl (C=O) groups is 2. The Labute approximate surface area is 283 Å². The standard InChI is InChI=1S/C39H36N4O6/c1-3-49-38(45)39-22-29-28-16-10-11-17-30(28)40-31(29)23-41(39)36(35(43(46)47)33(39)25-14-8-5-9-15-25)34-32(24-12-6-4-7-13-24)37(44)42(34)26-18-20-27(48-2)21-19-26/h4-21,32-36,40H,3,22-23H2,1-2H3/t32-,33+,34-,35+,36+,39+/m0/s1. The van der Waals surface area contributed by atoms with Gasteiger partial charge in [0.05, 0.1) is 31.6 Å². The topological polar surface area (TPSA) is 118 Å². The number of para-hydroxylation sites is 1. The van der Waals surface area contributed by atoms with Crippen molar-refractivity contribution in [2.24, 2.45) is 0 Å². The molecule has 8 rings (SSSR count). The highest BCUT2D eigenvalue weighted by atomic mass is 16.6. The number of nitro groups is 1. The summed E-state index contributed by atoms with van der Waals surface area (Å²) in [5.41, 5.74) is 3.44. The molecule has 10 heteroatoms. The minimum Gasteiger partial charge on any atom is -0.497 e. The van der Waals surface area contributed by atoms with Crippen LogP contribution in [0.25, 0.3) is 10.9 Å². The van der Waals surface area contributed by atoms with E-state index in [1.54, 1.807) is 43.2 Å². The van der Waals surface area contributed by atoms with Gasteiger partial charge in [0, 0.05) is 40.2 Å². The number of aromatic amines is 1. The van der Waals surface area contributed by atoms with Crippen LogP contribution in [0.1, 0.15) is 41.1 Å². The number of hydrogen-bond acceptors (Lipinski definition) is 7. The summed E-state index contributed by atoms with van der Waals surface area (Å²) >= 11 is 0. The fraction of sp³-hybridized carbons (Fsp3) is 0.282. The third-order valence-electron chi connectivity index (χ3n) is 10.8. The Hall–Kier alpha value is -5.48. The Bertz CT molecular complexity index is 2050. The number of anilines is 1. The molecule has 3 aliphatic rings. The number of β-lactam (4-membered cyclic amide) rings is 1. The fourth-order valence-electron chi connectivity index (χ4n) is 8.84. The zero-order chi connectivity index (χ0) is 33.9. The highest BCUT2D eigenvalue weighted by Gasteiger charge is 2.74. The van der Waals surface area contributed by atoms with Gasteiger partial charge >= 0.3 is 5.97 Å². The van der Waals surface area contributed by atoms with Crippen molar-refractivity contribution in [3.8, 4) is 5.75 Å². The monoisotopic (exact) mass is 656 g/mol. The second-order valence-electron chi connectivity index (χ2n) is 13.0. The molecule has 4 heterocycles. The molecule has 6 atom stereocenters. The van der Waals surface area contributed by atoms with E-state index in [1.807, 2.05) is 89.8 Å². The van der Waals surface area contributed by atoms with Crippen LogP contribution in [0.5, 0.6) is 5.75 Å². The summed E-state index contributed by atoms with van der Waals surface area (Å²) in [4.78, 5) is 49.8. The second-order valence-corrected chi connectivity index (χ2v) is 13.0. The molecule has 0 saturated carbocycles. The number of methoxy groups -OCH3 is 1. The van der Waals surface area contributed by atoms with E-state index in [0.717, 1.165) is 27.7 Å². The van der Waals surface area contributed by atoms with Gasteiger partial charge in [-0.15, -0.1) is 0 Å². The number of H-pyrrole nitrogens is 1. The average Bonchev–Trinajstić information content (AvgIpc) is 3.63. The minimum atomic E-state index is -1.43. The number of amides is 1. The van der Waals surface area contributed by atoms with Gasteiger partial charge in [0.1, 0.15) is 17.3 Å². The molecule has 0 spiro atoms. The number of benzene rings is 4. The van der Waals surface area contributed by atoms with E-state index in [1.165, 1.54) is 0 Å². The van der Waals surface area contributed by atoms with Crippen LogP contribution < -0.4 is 9.64 Å². The first kappa shape index (κ1) is 30.8. The summed E-state index contributed by atoms with van der Waals surface area (Å²) in [5.74, 6) is -1.57. The summed E-state index contributed by atoms with van der Waals surface area (Å²) in [6.45, 7) is 2.12. The number of aromatic nitrogens is 1. The number of nitrogens with zero attached hydrogens (tertiary/aromatic N) is 3. The van der Waals surface area contributed by atoms with Crippen LogP contribution in [0.3, 0.4) is 0 Å². The van der Waals surface area contributed by atoms with E-state index in [-0.39, 0.29) is 30.4 Å². The van der Waals surface area contributed by atoms with Gasteiger partial charge in [-0.1, -0.05) is 78.9 Å². The van der Waals surface area contributed by atoms with E-state index in [2.05, 4.69) is 4.98 Å². The van der Waals surface area contributed by atoms with Crippen molar-refractivity contribution >= 4 is 28.5 Å². The summed E-state index contributed by atoms with van der Waals surface area (Å²) in [6, 6.07) is 31.1. The van der Waals surface area contributed by atoms with Gasteiger partial charge < -0.3 is 19.4 Å². The lowest BCUT2D eigenvalue weighted by molar-refractivity contribution is -0.529. The second kappa shape index (κ2) is 11.9. The Morgan fingerprint density at radius 1 is 0.918 bits per heavy atom. The molecule has 10 nitrogen and oxygen atoms in total. The van der Waals surface area contributed by atoms with E-state index in [0.29, 0.717) is 17.0 Å². The lowest BCUT2D eigenvalue weighted by Crippen LogP contribution is -2.71. The first-order valence-electron chi connectivity index (χ1n) is 16.6. The van der Waals surface area contributed by atoms with Gasteiger partial charge in [-0.3, -0.25) is 19.8 Å². The van der Waals surface area contributed by atoms with Gasteiger partial charge in [0.15, 0.2) is 0 Å². The molecular weight excluding hydrogens is 620 g/mol. The molecule has 2 saturated heterocycles. The molecule has 0 radical (unpaired) electrons. The largest absolute Gasteiger partial charge is 0.497 e. The maximum absolute atomic E-state index is 14.7. The van der Waals surface area contributed by atoms with Crippen molar-refractivity contribution in [2.75, 3.05) is 18.6 Å². The first-order chi connectivity index (χ1) is 23.9. The number of ether oxygens (including phenoxy) is 2. The molecule has 1 aromatic heterocycles. The Morgan fingerprint density at radius 3 is 2.22 bits per heavy atom. The molecule has 4 aromatic carbocycles. The van der Waals surface area contributed by atoms with Crippen LogP contribution in [0.4, 0.5) is 5.69 Å². The quantitative estimate of drug-likeness (QED) is 0.0964. The van der Waals surface area contributed by atoms with Gasteiger partial charge in [-0.05, 0) is 53.9 Å². The third-order valence-corrected chi connectivity index (χ3v) is 10.8. The summed E-state index contributed by atoms with van der Waals surface area (Å²) in [6.07, 6.45) is 0.213. The normalized spacial score (nSPS) is 26.1. The predicted octanol–water partition coefficient (Wildman–Crippen LogP) is 5.85. The Kier molecular flexibility index (Phi) is 7.48. The number of fused-ring (bicyclic) bond motifs is 4. The van der Waals surface area contributed by atoms with Crippen LogP contribution in [-0.2, 0) is 27.3 Å². The minimum absolute atomic E-state index is 0.122. The lowest BCUT2D eigenvalue weighted by atomic mass is 9.71. The van der Waals surface area contributed by atoms with Crippen LogP contribution in [-0.4, -0.2) is 64.1 Å². The van der Waals surface area contributed by atoms with E-state index in [4.69, 9.17) is 9.47 Å². The zero-order valence-corrected chi connectivity index (χ0v) is 27.2. The molecule has 248 valence electrons.